The van der Waals surface area contributed by atoms with Crippen molar-refractivity contribution < 1.29 is 69.9 Å². The number of nitrogen functional groups attached to an aromatic ring is 1. The number of aromatic hydroxyl groups is 1. The van der Waals surface area contributed by atoms with Crippen LogP contribution in [0.2, 0.25) is 0 Å². The number of ether oxygens (including phenoxy) is 3. The molecule has 0 spiro atoms. The molecule has 17 nitrogen and oxygen atoms in total. The minimum Gasteiger partial charge on any atom is -0.506 e. The molecule has 0 unspecified atom stereocenters. The van der Waals surface area contributed by atoms with Crippen LogP contribution >= 0.6 is 0 Å². The number of carbonyl (C=O) groups excluding carboxylic acids is 3. The van der Waals surface area contributed by atoms with E-state index < -0.39 is 90.4 Å². The van der Waals surface area contributed by atoms with Crippen LogP contribution in [0, 0.1) is 55.1 Å². The van der Waals surface area contributed by atoms with E-state index in [1.54, 1.807) is 6.92 Å². The molecule has 61 heavy (non-hydrogen) atoms. The van der Waals surface area contributed by atoms with Gasteiger partial charge in [-0.05, 0) is 38.1 Å². The highest BCUT2D eigenvalue weighted by Crippen LogP contribution is 2.43. The molecule has 320 valence electrons. The van der Waals surface area contributed by atoms with Crippen molar-refractivity contribution in [3.8, 4) is 22.9 Å². The summed E-state index contributed by atoms with van der Waals surface area (Å²) in [6.07, 6.45) is 2.09. The molecule has 1 aliphatic heterocycles. The lowest BCUT2D eigenvalue weighted by Crippen LogP contribution is -2.22. The van der Waals surface area contributed by atoms with Crippen LogP contribution in [0.3, 0.4) is 0 Å². The largest absolute Gasteiger partial charge is 0.506 e. The second kappa shape index (κ2) is 18.7. The van der Waals surface area contributed by atoms with E-state index in [9.17, 15) is 65.7 Å². The van der Waals surface area contributed by atoms with Gasteiger partial charge in [0.25, 0.3) is 11.4 Å². The third-order valence-electron chi connectivity index (χ3n) is 7.96. The third-order valence-corrected chi connectivity index (χ3v) is 7.96. The normalized spacial score (nSPS) is 11.1. The van der Waals surface area contributed by atoms with Gasteiger partial charge >= 0.3 is 11.9 Å². The number of ketones is 1. The van der Waals surface area contributed by atoms with Crippen LogP contribution in [-0.2, 0) is 14.3 Å². The summed E-state index contributed by atoms with van der Waals surface area (Å²) >= 11 is 0. The summed E-state index contributed by atoms with van der Waals surface area (Å²) in [4.78, 5) is 70.0. The van der Waals surface area contributed by atoms with E-state index in [1.807, 2.05) is 0 Å². The average Bonchev–Trinajstić information content (AvgIpc) is 3.21. The first-order valence-corrected chi connectivity index (χ1v) is 17.0. The van der Waals surface area contributed by atoms with Crippen LogP contribution in [0.25, 0.3) is 16.6 Å². The number of carbonyl (C=O) groups is 3. The molecule has 0 bridgehead atoms. The highest BCUT2D eigenvalue weighted by molar-refractivity contribution is 6.24. The Bertz CT molecular complexity index is 2720. The number of esters is 2. The van der Waals surface area contributed by atoms with E-state index in [-0.39, 0.29) is 64.4 Å². The number of Topliss-reactive ketones (excluding diaryl/α,β-unsaturated/α-hetero) is 1. The van der Waals surface area contributed by atoms with E-state index in [0.717, 1.165) is 30.6 Å². The molecule has 4 aromatic carbocycles. The summed E-state index contributed by atoms with van der Waals surface area (Å²) in [7, 11) is 2.93. The maximum absolute atomic E-state index is 14.3. The molecule has 0 aliphatic carbocycles. The zero-order valence-electron chi connectivity index (χ0n) is 31.8. The number of pyridine rings is 1. The number of nitrogens with zero attached hydrogens (tertiary/aromatic N) is 4. The second-order valence-corrected chi connectivity index (χ2v) is 12.3. The fraction of sp³-hybridized carbons (Fsp3) is 0.158. The highest BCUT2D eigenvalue weighted by atomic mass is 19.2. The van der Waals surface area contributed by atoms with Gasteiger partial charge in [0.05, 0.1) is 45.4 Å². The second-order valence-electron chi connectivity index (χ2n) is 12.3. The van der Waals surface area contributed by atoms with E-state index in [0.29, 0.717) is 6.07 Å². The lowest BCUT2D eigenvalue weighted by Gasteiger charge is -2.24. The Morgan fingerprint density at radius 3 is 2.00 bits per heavy atom. The molecule has 5 aromatic rings. The standard InChI is InChI=1S/C18H10F2N2O6.C14H13F4NO3.C6H6N2O3/c1-2-27-18(24)10-7-21-12-5-8(22(25)26)3-4-13(12)28-17-14(20)11(19)6-9(15(17)21)16(10)23;1-4-22-14(21)8(6-19(2)3)13(20)7-5-9(15)11(17)12(18)10(7)16;7-5-3-4(8(10)11)1-2-6(5)9/h3-7H,2H2,1H3;5-6H,4H2,1-3H3;1-3,9H,7H2/b;8-6-;. The van der Waals surface area contributed by atoms with Gasteiger partial charge in [0.2, 0.25) is 17.0 Å². The number of phenols is 1. The fourth-order valence-electron chi connectivity index (χ4n) is 5.25. The molecule has 0 amide bonds. The van der Waals surface area contributed by atoms with E-state index in [4.69, 9.17) is 20.3 Å². The van der Waals surface area contributed by atoms with Gasteiger partial charge in [0, 0.05) is 50.8 Å². The van der Waals surface area contributed by atoms with Crippen molar-refractivity contribution in [3.05, 3.63) is 143 Å². The SMILES string of the molecule is CCOC(=O)/C(=C\N(C)C)C(=O)c1cc(F)c(F)c(F)c1F.CCOC(=O)c1cn2c3c(c(F)c(F)cc3c1=O)Oc1ccc([N+](=O)[O-])cc1-2.Nc1cc([N+](=O)[O-])ccc1O. The highest BCUT2D eigenvalue weighted by Gasteiger charge is 2.31. The van der Waals surface area contributed by atoms with Crippen molar-refractivity contribution in [1.82, 2.24) is 9.47 Å². The lowest BCUT2D eigenvalue weighted by atomic mass is 10.0. The molecule has 1 aliphatic rings. The number of nitrogens with two attached hydrogens (primary N) is 1. The van der Waals surface area contributed by atoms with Gasteiger partial charge in [-0.15, -0.1) is 0 Å². The van der Waals surface area contributed by atoms with Crippen LogP contribution in [0.5, 0.6) is 17.2 Å². The number of benzene rings is 4. The molecule has 0 fully saturated rings. The van der Waals surface area contributed by atoms with Crippen molar-refractivity contribution in [2.24, 2.45) is 0 Å². The minimum atomic E-state index is -2.13. The number of hydrogen-bond donors (Lipinski definition) is 2. The van der Waals surface area contributed by atoms with Gasteiger partial charge in [-0.25, -0.2) is 31.5 Å². The Kier molecular flexibility index (Phi) is 14.0. The number of fused-ring (bicyclic) bond motifs is 2. The number of nitro benzene ring substituents is 2. The molecule has 3 N–H and O–H groups in total. The van der Waals surface area contributed by atoms with Crippen molar-refractivity contribution in [1.29, 1.82) is 0 Å². The number of phenolic OH excluding ortho intramolecular Hbond substituents is 1. The van der Waals surface area contributed by atoms with Crippen molar-refractivity contribution in [2.75, 3.05) is 33.0 Å². The first-order valence-electron chi connectivity index (χ1n) is 17.0. The maximum Gasteiger partial charge on any atom is 0.343 e. The Labute approximate surface area is 337 Å². The lowest BCUT2D eigenvalue weighted by molar-refractivity contribution is -0.385. The molecular formula is C38H29F6N5O12. The van der Waals surface area contributed by atoms with Gasteiger partial charge < -0.3 is 34.5 Å². The topological polar surface area (TPSA) is 237 Å². The smallest absolute Gasteiger partial charge is 0.343 e. The van der Waals surface area contributed by atoms with Crippen molar-refractivity contribution in [2.45, 2.75) is 13.8 Å². The summed E-state index contributed by atoms with van der Waals surface area (Å²) in [5, 5.41) is 29.8. The van der Waals surface area contributed by atoms with Crippen LogP contribution in [0.15, 0.2) is 71.3 Å². The van der Waals surface area contributed by atoms with Crippen LogP contribution < -0.4 is 15.9 Å². The third kappa shape index (κ3) is 9.67. The number of hydrogen-bond acceptors (Lipinski definition) is 14. The molecule has 0 saturated heterocycles. The molecule has 0 saturated carbocycles. The first kappa shape index (κ1) is 45.7. The quantitative estimate of drug-likeness (QED) is 0.0124. The summed E-state index contributed by atoms with van der Waals surface area (Å²) in [5.41, 5.74) is 1.70. The van der Waals surface area contributed by atoms with Gasteiger partial charge in [0.1, 0.15) is 22.4 Å². The van der Waals surface area contributed by atoms with Crippen molar-refractivity contribution in [3.63, 3.8) is 0 Å². The molecular weight excluding hydrogens is 832 g/mol. The van der Waals surface area contributed by atoms with Crippen LogP contribution in [-0.4, -0.2) is 69.5 Å². The van der Waals surface area contributed by atoms with E-state index >= 15 is 0 Å². The summed E-state index contributed by atoms with van der Waals surface area (Å²) in [6, 6.07) is 7.81. The molecule has 1 aromatic heterocycles. The Morgan fingerprint density at radius 2 is 1.43 bits per heavy atom. The maximum atomic E-state index is 14.3. The molecule has 0 atom stereocenters. The Balaban J connectivity index is 0.000000221. The summed E-state index contributed by atoms with van der Waals surface area (Å²) < 4.78 is 97.4. The number of anilines is 1. The molecule has 0 radical (unpaired) electrons. The van der Waals surface area contributed by atoms with Crippen molar-refractivity contribution >= 4 is 45.7 Å². The molecule has 23 heteroatoms. The Hall–Kier alpha value is -7.98. The predicted molar refractivity (Wildman–Crippen MR) is 200 cm³/mol. The summed E-state index contributed by atoms with van der Waals surface area (Å²) in [6.45, 7) is 2.95. The monoisotopic (exact) mass is 861 g/mol. The van der Waals surface area contributed by atoms with E-state index in [1.165, 1.54) is 48.7 Å². The van der Waals surface area contributed by atoms with Crippen LogP contribution in [0.4, 0.5) is 43.4 Å². The summed E-state index contributed by atoms with van der Waals surface area (Å²) in [5.74, 6) is -14.5. The van der Waals surface area contributed by atoms with Gasteiger partial charge in [0.15, 0.2) is 40.6 Å². The number of non-ortho nitro benzene ring substituents is 2. The van der Waals surface area contributed by atoms with Gasteiger partial charge in [-0.1, -0.05) is 0 Å². The number of aromatic nitrogens is 1. The zero-order chi connectivity index (χ0) is 45.6. The fourth-order valence-corrected chi connectivity index (χ4v) is 5.25. The Morgan fingerprint density at radius 1 is 0.836 bits per heavy atom. The average molecular weight is 862 g/mol. The predicted octanol–water partition coefficient (Wildman–Crippen LogP) is 6.78. The molecule has 6 rings (SSSR count). The van der Waals surface area contributed by atoms with Crippen LogP contribution in [0.1, 0.15) is 34.6 Å². The first-order chi connectivity index (χ1) is 28.6. The van der Waals surface area contributed by atoms with Gasteiger partial charge in [-0.3, -0.25) is 29.8 Å². The number of nitro groups is 2. The van der Waals surface area contributed by atoms with E-state index in [2.05, 4.69) is 4.74 Å². The number of halogens is 6. The zero-order valence-corrected chi connectivity index (χ0v) is 31.8. The van der Waals surface area contributed by atoms with Gasteiger partial charge in [-0.2, -0.15) is 4.39 Å². The number of rotatable bonds is 9. The molecule has 2 heterocycles. The minimum absolute atomic E-state index is 0.00942.